The third-order valence-corrected chi connectivity index (χ3v) is 5.89. The first-order valence-electron chi connectivity index (χ1n) is 10.7. The molecule has 0 aliphatic carbocycles. The van der Waals surface area contributed by atoms with Crippen LogP contribution in [0.2, 0.25) is 0 Å². The summed E-state index contributed by atoms with van der Waals surface area (Å²) in [7, 11) is 0. The Hall–Kier alpha value is -3.19. The highest BCUT2D eigenvalue weighted by Gasteiger charge is 2.31. The number of anilines is 1. The molecule has 1 saturated heterocycles. The van der Waals surface area contributed by atoms with E-state index in [4.69, 9.17) is 0 Å². The summed E-state index contributed by atoms with van der Waals surface area (Å²) < 4.78 is 0. The predicted molar refractivity (Wildman–Crippen MR) is 120 cm³/mol. The maximum atomic E-state index is 12.6. The van der Waals surface area contributed by atoms with Crippen molar-refractivity contribution in [2.24, 2.45) is 0 Å². The second kappa shape index (κ2) is 10.2. The van der Waals surface area contributed by atoms with Crippen molar-refractivity contribution in [1.82, 2.24) is 10.2 Å². The number of hydrogen-bond acceptors (Lipinski definition) is 3. The molecule has 1 aliphatic rings. The van der Waals surface area contributed by atoms with Crippen LogP contribution in [0.1, 0.15) is 28.4 Å². The summed E-state index contributed by atoms with van der Waals surface area (Å²) in [6.45, 7) is 8.28. The molecule has 2 aromatic carbocycles. The minimum atomic E-state index is -0.290. The number of para-hydroxylation sites is 1. The normalized spacial score (nSPS) is 15.3. The molecule has 0 radical (unpaired) electrons. The van der Waals surface area contributed by atoms with Crippen LogP contribution in [0.3, 0.4) is 0 Å². The molecule has 0 spiro atoms. The second-order valence-corrected chi connectivity index (χ2v) is 8.07. The van der Waals surface area contributed by atoms with Crippen molar-refractivity contribution in [2.45, 2.75) is 26.8 Å². The molecule has 1 atom stereocenters. The molecule has 0 unspecified atom stereocenters. The zero-order valence-electron chi connectivity index (χ0n) is 18.4. The third-order valence-electron chi connectivity index (χ3n) is 5.89. The van der Waals surface area contributed by atoms with E-state index in [1.165, 1.54) is 0 Å². The number of benzene rings is 2. The SMILES string of the molecule is Cc1cccc(C)c1NC(=O)CNC(=O)[C@@H](C)[NH+]1CCN(C(=O)c2ccccc2)CC1. The molecule has 1 heterocycles. The van der Waals surface area contributed by atoms with Gasteiger partial charge in [-0.05, 0) is 44.0 Å². The summed E-state index contributed by atoms with van der Waals surface area (Å²) >= 11 is 0. The lowest BCUT2D eigenvalue weighted by Gasteiger charge is -2.34. The fourth-order valence-electron chi connectivity index (χ4n) is 3.89. The molecule has 7 nitrogen and oxygen atoms in total. The lowest BCUT2D eigenvalue weighted by Crippen LogP contribution is -3.19. The topological polar surface area (TPSA) is 82.9 Å². The van der Waals surface area contributed by atoms with E-state index >= 15 is 0 Å². The average Bonchev–Trinajstić information content (AvgIpc) is 2.79. The van der Waals surface area contributed by atoms with Gasteiger partial charge in [0.1, 0.15) is 0 Å². The van der Waals surface area contributed by atoms with E-state index in [1.807, 2.05) is 74.2 Å². The average molecular weight is 424 g/mol. The first-order valence-corrected chi connectivity index (χ1v) is 10.7. The number of hydrogen-bond donors (Lipinski definition) is 3. The summed E-state index contributed by atoms with van der Waals surface area (Å²) in [5, 5.41) is 5.63. The van der Waals surface area contributed by atoms with E-state index < -0.39 is 0 Å². The molecule has 1 aliphatic heterocycles. The van der Waals surface area contributed by atoms with Gasteiger partial charge in [0.05, 0.1) is 32.7 Å². The highest BCUT2D eigenvalue weighted by Crippen LogP contribution is 2.18. The fraction of sp³-hybridized carbons (Fsp3) is 0.375. The minimum absolute atomic E-state index is 0.0277. The van der Waals surface area contributed by atoms with Crippen LogP contribution in [0.4, 0.5) is 5.69 Å². The van der Waals surface area contributed by atoms with Gasteiger partial charge in [-0.3, -0.25) is 14.4 Å². The summed E-state index contributed by atoms with van der Waals surface area (Å²) in [6.07, 6.45) is 0. The van der Waals surface area contributed by atoms with Crippen LogP contribution in [0.15, 0.2) is 48.5 Å². The Morgan fingerprint density at radius 1 is 0.968 bits per heavy atom. The molecule has 1 fully saturated rings. The first kappa shape index (κ1) is 22.5. The van der Waals surface area contributed by atoms with Crippen molar-refractivity contribution >= 4 is 23.4 Å². The smallest absolute Gasteiger partial charge is 0.278 e. The Balaban J connectivity index is 1.45. The van der Waals surface area contributed by atoms with Crippen molar-refractivity contribution in [3.63, 3.8) is 0 Å². The van der Waals surface area contributed by atoms with E-state index in [2.05, 4.69) is 10.6 Å². The number of piperazine rings is 1. The highest BCUT2D eigenvalue weighted by atomic mass is 16.2. The largest absolute Gasteiger partial charge is 0.342 e. The number of rotatable bonds is 6. The van der Waals surface area contributed by atoms with E-state index in [0.29, 0.717) is 31.7 Å². The Morgan fingerprint density at radius 2 is 1.58 bits per heavy atom. The molecule has 0 bridgehead atoms. The van der Waals surface area contributed by atoms with Gasteiger partial charge < -0.3 is 20.4 Å². The molecule has 3 N–H and O–H groups in total. The third kappa shape index (κ3) is 5.70. The van der Waals surface area contributed by atoms with E-state index in [-0.39, 0.29) is 30.3 Å². The summed E-state index contributed by atoms with van der Waals surface area (Å²) in [5.74, 6) is -0.374. The number of nitrogens with zero attached hydrogens (tertiary/aromatic N) is 1. The van der Waals surface area contributed by atoms with Crippen molar-refractivity contribution in [1.29, 1.82) is 0 Å². The van der Waals surface area contributed by atoms with Gasteiger partial charge in [0.15, 0.2) is 6.04 Å². The monoisotopic (exact) mass is 423 g/mol. The summed E-state index contributed by atoms with van der Waals surface area (Å²) in [5.41, 5.74) is 3.45. The lowest BCUT2D eigenvalue weighted by molar-refractivity contribution is -0.917. The lowest BCUT2D eigenvalue weighted by atomic mass is 10.1. The maximum absolute atomic E-state index is 12.6. The molecule has 2 aromatic rings. The maximum Gasteiger partial charge on any atom is 0.278 e. The van der Waals surface area contributed by atoms with E-state index in [0.717, 1.165) is 21.7 Å². The number of amides is 3. The van der Waals surface area contributed by atoms with E-state index in [9.17, 15) is 14.4 Å². The second-order valence-electron chi connectivity index (χ2n) is 8.07. The zero-order chi connectivity index (χ0) is 22.4. The van der Waals surface area contributed by atoms with Crippen LogP contribution < -0.4 is 15.5 Å². The summed E-state index contributed by atoms with van der Waals surface area (Å²) in [6, 6.07) is 14.8. The Labute approximate surface area is 183 Å². The van der Waals surface area contributed by atoms with E-state index in [1.54, 1.807) is 0 Å². The van der Waals surface area contributed by atoms with Gasteiger partial charge in [-0.1, -0.05) is 36.4 Å². The number of quaternary nitrogens is 1. The van der Waals surface area contributed by atoms with Crippen molar-refractivity contribution in [3.05, 3.63) is 65.2 Å². The molecule has 7 heteroatoms. The predicted octanol–water partition coefficient (Wildman–Crippen LogP) is 0.788. The van der Waals surface area contributed by atoms with Crippen LogP contribution in [0.5, 0.6) is 0 Å². The highest BCUT2D eigenvalue weighted by molar-refractivity contribution is 5.96. The standard InChI is InChI=1S/C24H30N4O3/c1-17-8-7-9-18(2)22(17)26-21(29)16-25-23(30)19(3)27-12-14-28(15-13-27)24(31)20-10-5-4-6-11-20/h4-11,19H,12-16H2,1-3H3,(H,25,30)(H,26,29)/p+1/t19-/m1/s1. The molecule has 3 amide bonds. The quantitative estimate of drug-likeness (QED) is 0.642. The van der Waals surface area contributed by atoms with Gasteiger partial charge in [0, 0.05) is 11.3 Å². The zero-order valence-corrected chi connectivity index (χ0v) is 18.4. The van der Waals surface area contributed by atoms with Crippen LogP contribution in [0, 0.1) is 13.8 Å². The van der Waals surface area contributed by atoms with Gasteiger partial charge in [-0.25, -0.2) is 0 Å². The molecule has 31 heavy (non-hydrogen) atoms. The fourth-order valence-corrected chi connectivity index (χ4v) is 3.89. The number of carbonyl (C=O) groups excluding carboxylic acids is 3. The van der Waals surface area contributed by atoms with Crippen molar-refractivity contribution < 1.29 is 19.3 Å². The number of aryl methyl sites for hydroxylation is 2. The van der Waals surface area contributed by atoms with Gasteiger partial charge in [0.25, 0.3) is 11.8 Å². The summed E-state index contributed by atoms with van der Waals surface area (Å²) in [4.78, 5) is 40.4. The Morgan fingerprint density at radius 3 is 2.19 bits per heavy atom. The molecule has 0 aromatic heterocycles. The van der Waals surface area contributed by atoms with Crippen molar-refractivity contribution in [3.8, 4) is 0 Å². The Bertz CT molecular complexity index is 917. The van der Waals surface area contributed by atoms with Crippen molar-refractivity contribution in [2.75, 3.05) is 38.0 Å². The van der Waals surface area contributed by atoms with Gasteiger partial charge >= 0.3 is 0 Å². The Kier molecular flexibility index (Phi) is 7.41. The van der Waals surface area contributed by atoms with Crippen LogP contribution in [-0.4, -0.2) is 61.4 Å². The van der Waals surface area contributed by atoms with Crippen LogP contribution >= 0.6 is 0 Å². The molecule has 3 rings (SSSR count). The molecular weight excluding hydrogens is 392 g/mol. The van der Waals surface area contributed by atoms with Gasteiger partial charge in [-0.2, -0.15) is 0 Å². The minimum Gasteiger partial charge on any atom is -0.342 e. The molecule has 0 saturated carbocycles. The van der Waals surface area contributed by atoms with Gasteiger partial charge in [-0.15, -0.1) is 0 Å². The number of nitrogens with one attached hydrogen (secondary N) is 3. The van der Waals surface area contributed by atoms with Crippen LogP contribution in [-0.2, 0) is 9.59 Å². The van der Waals surface area contributed by atoms with Gasteiger partial charge in [0.2, 0.25) is 5.91 Å². The first-order chi connectivity index (χ1) is 14.9. The molecular formula is C24H31N4O3+. The molecule has 164 valence electrons. The van der Waals surface area contributed by atoms with Crippen LogP contribution in [0.25, 0.3) is 0 Å². The number of carbonyl (C=O) groups is 3.